The quantitative estimate of drug-likeness (QED) is 0.593. The molecular formula is C12H20N2O2S2. The summed E-state index contributed by atoms with van der Waals surface area (Å²) in [5.74, 6) is 0.945. The lowest BCUT2D eigenvalue weighted by molar-refractivity contribution is 0.580. The zero-order valence-electron chi connectivity index (χ0n) is 10.8. The monoisotopic (exact) mass is 288 g/mol. The van der Waals surface area contributed by atoms with Crippen molar-refractivity contribution in [1.29, 1.82) is 0 Å². The maximum absolute atomic E-state index is 12.2. The zero-order valence-corrected chi connectivity index (χ0v) is 12.4. The van der Waals surface area contributed by atoms with Gasteiger partial charge >= 0.3 is 0 Å². The third-order valence-electron chi connectivity index (χ3n) is 2.58. The van der Waals surface area contributed by atoms with E-state index in [0.29, 0.717) is 23.5 Å². The largest absolute Gasteiger partial charge is 0.399 e. The van der Waals surface area contributed by atoms with Crippen LogP contribution in [-0.2, 0) is 16.4 Å². The number of nitrogens with two attached hydrogens (primary N) is 1. The summed E-state index contributed by atoms with van der Waals surface area (Å²) >= 11 is 1.70. The number of rotatable bonds is 7. The maximum atomic E-state index is 12.2. The molecule has 0 radical (unpaired) electrons. The Morgan fingerprint density at radius 1 is 1.39 bits per heavy atom. The summed E-state index contributed by atoms with van der Waals surface area (Å²) in [5.41, 5.74) is 6.92. The molecule has 1 aromatic carbocycles. The van der Waals surface area contributed by atoms with Gasteiger partial charge in [0.25, 0.3) is 0 Å². The Bertz CT molecular complexity index is 487. The van der Waals surface area contributed by atoms with Crippen molar-refractivity contribution in [2.75, 3.05) is 24.3 Å². The topological polar surface area (TPSA) is 72.2 Å². The molecule has 0 heterocycles. The van der Waals surface area contributed by atoms with Crippen molar-refractivity contribution in [2.24, 2.45) is 0 Å². The predicted octanol–water partition coefficient (Wildman–Crippen LogP) is 1.86. The molecule has 0 saturated heterocycles. The Morgan fingerprint density at radius 2 is 2.11 bits per heavy atom. The van der Waals surface area contributed by atoms with E-state index in [9.17, 15) is 8.42 Å². The Labute approximate surface area is 113 Å². The second kappa shape index (κ2) is 7.01. The molecule has 0 atom stereocenters. The van der Waals surface area contributed by atoms with E-state index < -0.39 is 10.0 Å². The number of hydrogen-bond donors (Lipinski definition) is 2. The van der Waals surface area contributed by atoms with Crippen molar-refractivity contribution in [2.45, 2.75) is 24.7 Å². The van der Waals surface area contributed by atoms with Crippen molar-refractivity contribution in [3.8, 4) is 0 Å². The van der Waals surface area contributed by atoms with E-state index in [0.717, 1.165) is 17.7 Å². The predicted molar refractivity (Wildman–Crippen MR) is 78.4 cm³/mol. The number of nitrogens with one attached hydrogen (secondary N) is 1. The minimum Gasteiger partial charge on any atom is -0.399 e. The second-order valence-corrected chi connectivity index (χ2v) is 6.69. The van der Waals surface area contributed by atoms with Crippen LogP contribution in [0.3, 0.4) is 0 Å². The summed E-state index contributed by atoms with van der Waals surface area (Å²) in [6, 6.07) is 5.02. The lowest BCUT2D eigenvalue weighted by atomic mass is 10.1. The molecule has 0 aliphatic rings. The molecule has 0 aromatic heterocycles. The van der Waals surface area contributed by atoms with E-state index in [4.69, 9.17) is 5.73 Å². The van der Waals surface area contributed by atoms with E-state index in [1.165, 1.54) is 6.07 Å². The molecule has 0 unspecified atom stereocenters. The third kappa shape index (κ3) is 4.19. The molecule has 1 aromatic rings. The van der Waals surface area contributed by atoms with Crippen LogP contribution >= 0.6 is 11.8 Å². The first kappa shape index (κ1) is 15.3. The fourth-order valence-electron chi connectivity index (χ4n) is 1.61. The molecule has 0 amide bonds. The van der Waals surface area contributed by atoms with Gasteiger partial charge in [-0.25, -0.2) is 13.1 Å². The molecule has 18 heavy (non-hydrogen) atoms. The van der Waals surface area contributed by atoms with Crippen LogP contribution in [-0.4, -0.2) is 27.0 Å². The number of sulfonamides is 1. The average Bonchev–Trinajstić information content (AvgIpc) is 2.35. The van der Waals surface area contributed by atoms with Crippen molar-refractivity contribution in [3.05, 3.63) is 23.8 Å². The molecule has 102 valence electrons. The number of anilines is 1. The summed E-state index contributed by atoms with van der Waals surface area (Å²) in [5, 5.41) is 0. The van der Waals surface area contributed by atoms with Crippen LogP contribution in [0, 0.1) is 0 Å². The first-order valence-electron chi connectivity index (χ1n) is 5.88. The standard InChI is InChI=1S/C12H20N2O2S2/c1-3-10-5-6-11(13)9-12(10)18(15,16)14-7-4-8-17-2/h5-6,9,14H,3-4,7-8,13H2,1-2H3. The molecule has 0 saturated carbocycles. The minimum atomic E-state index is -3.45. The SMILES string of the molecule is CCc1ccc(N)cc1S(=O)(=O)NCCCSC. The first-order valence-corrected chi connectivity index (χ1v) is 8.76. The molecule has 3 N–H and O–H groups in total. The van der Waals surface area contributed by atoms with Gasteiger partial charge in [0, 0.05) is 12.2 Å². The van der Waals surface area contributed by atoms with Crippen LogP contribution in [0.25, 0.3) is 0 Å². The van der Waals surface area contributed by atoms with Gasteiger partial charge in [0.05, 0.1) is 4.90 Å². The van der Waals surface area contributed by atoms with Gasteiger partial charge in [0.2, 0.25) is 10.0 Å². The van der Waals surface area contributed by atoms with Gasteiger partial charge < -0.3 is 5.73 Å². The molecule has 1 rings (SSSR count). The normalized spacial score (nSPS) is 11.7. The smallest absolute Gasteiger partial charge is 0.240 e. The van der Waals surface area contributed by atoms with Crippen LogP contribution in [0.5, 0.6) is 0 Å². The van der Waals surface area contributed by atoms with Crippen molar-refractivity contribution >= 4 is 27.5 Å². The molecule has 0 aliphatic heterocycles. The van der Waals surface area contributed by atoms with E-state index in [1.54, 1.807) is 23.9 Å². The first-order chi connectivity index (χ1) is 8.51. The molecule has 0 aliphatic carbocycles. The molecule has 4 nitrogen and oxygen atoms in total. The average molecular weight is 288 g/mol. The summed E-state index contributed by atoms with van der Waals surface area (Å²) in [7, 11) is -3.45. The number of nitrogen functional groups attached to an aromatic ring is 1. The molecular weight excluding hydrogens is 268 g/mol. The summed E-state index contributed by atoms with van der Waals surface area (Å²) in [4.78, 5) is 0.300. The minimum absolute atomic E-state index is 0.300. The lowest BCUT2D eigenvalue weighted by Crippen LogP contribution is -2.26. The van der Waals surface area contributed by atoms with Gasteiger partial charge in [0.15, 0.2) is 0 Å². The number of benzene rings is 1. The van der Waals surface area contributed by atoms with Gasteiger partial charge in [-0.15, -0.1) is 0 Å². The molecule has 6 heteroatoms. The van der Waals surface area contributed by atoms with E-state index in [1.807, 2.05) is 13.2 Å². The Morgan fingerprint density at radius 3 is 2.72 bits per heavy atom. The summed E-state index contributed by atoms with van der Waals surface area (Å²) in [6.45, 7) is 2.39. The zero-order chi connectivity index (χ0) is 13.6. The van der Waals surface area contributed by atoms with E-state index in [-0.39, 0.29) is 0 Å². The van der Waals surface area contributed by atoms with Crippen LogP contribution < -0.4 is 10.5 Å². The van der Waals surface area contributed by atoms with Crippen molar-refractivity contribution in [3.63, 3.8) is 0 Å². The van der Waals surface area contributed by atoms with Crippen molar-refractivity contribution in [1.82, 2.24) is 4.72 Å². The van der Waals surface area contributed by atoms with Crippen LogP contribution in [0.4, 0.5) is 5.69 Å². The number of hydrogen-bond acceptors (Lipinski definition) is 4. The Balaban J connectivity index is 2.87. The highest BCUT2D eigenvalue weighted by Crippen LogP contribution is 2.19. The number of aryl methyl sites for hydroxylation is 1. The highest BCUT2D eigenvalue weighted by molar-refractivity contribution is 7.98. The fourth-order valence-corrected chi connectivity index (χ4v) is 3.46. The molecule has 0 fully saturated rings. The summed E-state index contributed by atoms with van der Waals surface area (Å²) < 4.78 is 26.9. The van der Waals surface area contributed by atoms with Gasteiger partial charge in [-0.05, 0) is 42.5 Å². The van der Waals surface area contributed by atoms with Gasteiger partial charge in [-0.2, -0.15) is 11.8 Å². The Kier molecular flexibility index (Phi) is 5.98. The van der Waals surface area contributed by atoms with Gasteiger partial charge in [-0.3, -0.25) is 0 Å². The van der Waals surface area contributed by atoms with Crippen molar-refractivity contribution < 1.29 is 8.42 Å². The lowest BCUT2D eigenvalue weighted by Gasteiger charge is -2.11. The summed E-state index contributed by atoms with van der Waals surface area (Å²) in [6.07, 6.45) is 3.49. The maximum Gasteiger partial charge on any atom is 0.240 e. The fraction of sp³-hybridized carbons (Fsp3) is 0.500. The van der Waals surface area contributed by atoms with Crippen LogP contribution in [0.1, 0.15) is 18.9 Å². The molecule has 0 spiro atoms. The van der Waals surface area contributed by atoms with Gasteiger partial charge in [0.1, 0.15) is 0 Å². The Hall–Kier alpha value is -0.720. The third-order valence-corrected chi connectivity index (χ3v) is 4.82. The van der Waals surface area contributed by atoms with Crippen LogP contribution in [0.2, 0.25) is 0 Å². The second-order valence-electron chi connectivity index (χ2n) is 3.96. The highest BCUT2D eigenvalue weighted by atomic mass is 32.2. The van der Waals surface area contributed by atoms with Crippen LogP contribution in [0.15, 0.2) is 23.1 Å². The highest BCUT2D eigenvalue weighted by Gasteiger charge is 2.17. The van der Waals surface area contributed by atoms with Gasteiger partial charge in [-0.1, -0.05) is 13.0 Å². The number of thioether (sulfide) groups is 1. The molecule has 0 bridgehead atoms. The van der Waals surface area contributed by atoms with E-state index >= 15 is 0 Å². The van der Waals surface area contributed by atoms with E-state index in [2.05, 4.69) is 4.72 Å².